The zero-order chi connectivity index (χ0) is 14.4. The summed E-state index contributed by atoms with van der Waals surface area (Å²) in [4.78, 5) is 2.28. The van der Waals surface area contributed by atoms with Gasteiger partial charge in [0.25, 0.3) is 0 Å². The van der Waals surface area contributed by atoms with Crippen molar-refractivity contribution >= 4 is 11.4 Å². The molecular weight excluding hydrogens is 251 g/mol. The van der Waals surface area contributed by atoms with Crippen molar-refractivity contribution < 1.29 is 4.39 Å². The lowest BCUT2D eigenvalue weighted by atomic mass is 10.2. The molecule has 0 fully saturated rings. The second-order valence-electron chi connectivity index (χ2n) is 4.83. The Labute approximate surface area is 120 Å². The topological polar surface area (TPSA) is 15.3 Å². The number of rotatable bonds is 6. The molecule has 2 aromatic carbocycles. The maximum absolute atomic E-state index is 13.5. The molecule has 0 spiro atoms. The summed E-state index contributed by atoms with van der Waals surface area (Å²) in [5.74, 6) is -0.203. The van der Waals surface area contributed by atoms with E-state index in [2.05, 4.69) is 48.3 Å². The van der Waals surface area contributed by atoms with Crippen molar-refractivity contribution in [2.24, 2.45) is 0 Å². The molecular formula is C17H21FN2. The maximum atomic E-state index is 13.5. The fraction of sp³-hybridized carbons (Fsp3) is 0.294. The van der Waals surface area contributed by atoms with Crippen LogP contribution in [0, 0.1) is 12.7 Å². The molecule has 2 rings (SSSR count). The smallest absolute Gasteiger partial charge is 0.146 e. The van der Waals surface area contributed by atoms with Crippen LogP contribution in [0.2, 0.25) is 0 Å². The summed E-state index contributed by atoms with van der Waals surface area (Å²) in [6.07, 6.45) is 0. The van der Waals surface area contributed by atoms with Gasteiger partial charge < -0.3 is 10.2 Å². The molecule has 3 heteroatoms. The lowest BCUT2D eigenvalue weighted by molar-refractivity contribution is 0.630. The number of hydrogen-bond donors (Lipinski definition) is 1. The molecule has 0 saturated carbocycles. The third kappa shape index (κ3) is 3.73. The van der Waals surface area contributed by atoms with Crippen LogP contribution in [0.3, 0.4) is 0 Å². The molecule has 0 aliphatic carbocycles. The van der Waals surface area contributed by atoms with Gasteiger partial charge >= 0.3 is 0 Å². The van der Waals surface area contributed by atoms with E-state index in [1.165, 1.54) is 17.3 Å². The number of likely N-dealkylation sites (N-methyl/N-ethyl adjacent to an activating group) is 1. The molecule has 2 nitrogen and oxygen atoms in total. The molecule has 0 saturated heterocycles. The summed E-state index contributed by atoms with van der Waals surface area (Å²) < 4.78 is 13.5. The van der Waals surface area contributed by atoms with E-state index < -0.39 is 0 Å². The van der Waals surface area contributed by atoms with Crippen LogP contribution in [-0.2, 0) is 0 Å². The highest BCUT2D eigenvalue weighted by Crippen LogP contribution is 2.16. The molecule has 20 heavy (non-hydrogen) atoms. The van der Waals surface area contributed by atoms with Crippen molar-refractivity contribution in [1.82, 2.24) is 0 Å². The molecule has 1 N–H and O–H groups in total. The highest BCUT2D eigenvalue weighted by atomic mass is 19.1. The largest absolute Gasteiger partial charge is 0.381 e. The quantitative estimate of drug-likeness (QED) is 0.852. The second-order valence-corrected chi connectivity index (χ2v) is 4.83. The zero-order valence-corrected chi connectivity index (χ0v) is 12.1. The first-order chi connectivity index (χ1) is 9.70. The maximum Gasteiger partial charge on any atom is 0.146 e. The molecule has 0 amide bonds. The first kappa shape index (κ1) is 14.4. The van der Waals surface area contributed by atoms with Gasteiger partial charge in [-0.05, 0) is 43.7 Å². The highest BCUT2D eigenvalue weighted by molar-refractivity contribution is 5.49. The minimum Gasteiger partial charge on any atom is -0.381 e. The summed E-state index contributed by atoms with van der Waals surface area (Å²) in [6.45, 7) is 6.71. The highest BCUT2D eigenvalue weighted by Gasteiger charge is 2.05. The van der Waals surface area contributed by atoms with E-state index in [9.17, 15) is 4.39 Å². The Morgan fingerprint density at radius 2 is 1.90 bits per heavy atom. The minimum absolute atomic E-state index is 0.203. The SMILES string of the molecule is CCN(CCNc1ccccc1F)c1cccc(C)c1. The number of halogens is 1. The van der Waals surface area contributed by atoms with Gasteiger partial charge in [0.05, 0.1) is 5.69 Å². The predicted octanol–water partition coefficient (Wildman–Crippen LogP) is 4.07. The Morgan fingerprint density at radius 3 is 2.60 bits per heavy atom. The van der Waals surface area contributed by atoms with Gasteiger partial charge in [0.1, 0.15) is 5.82 Å². The summed E-state index contributed by atoms with van der Waals surface area (Å²) in [5, 5.41) is 3.15. The Morgan fingerprint density at radius 1 is 1.10 bits per heavy atom. The van der Waals surface area contributed by atoms with E-state index in [1.54, 1.807) is 12.1 Å². The number of hydrogen-bond acceptors (Lipinski definition) is 2. The molecule has 0 aromatic heterocycles. The molecule has 0 bridgehead atoms. The fourth-order valence-electron chi connectivity index (χ4n) is 2.22. The second kappa shape index (κ2) is 6.94. The molecule has 0 heterocycles. The Kier molecular flexibility index (Phi) is 4.99. The molecule has 2 aromatic rings. The van der Waals surface area contributed by atoms with Gasteiger partial charge in [-0.2, -0.15) is 0 Å². The van der Waals surface area contributed by atoms with Crippen molar-refractivity contribution in [3.8, 4) is 0 Å². The number of anilines is 2. The summed E-state index contributed by atoms with van der Waals surface area (Å²) in [7, 11) is 0. The zero-order valence-electron chi connectivity index (χ0n) is 12.1. The van der Waals surface area contributed by atoms with Crippen LogP contribution >= 0.6 is 0 Å². The lowest BCUT2D eigenvalue weighted by Gasteiger charge is -2.24. The van der Waals surface area contributed by atoms with Crippen molar-refractivity contribution in [2.45, 2.75) is 13.8 Å². The molecule has 0 aliphatic heterocycles. The number of benzene rings is 2. The van der Waals surface area contributed by atoms with E-state index in [1.807, 2.05) is 6.07 Å². The standard InChI is InChI=1S/C17H21FN2/c1-3-20(15-8-6-7-14(2)13-15)12-11-19-17-10-5-4-9-16(17)18/h4-10,13,19H,3,11-12H2,1-2H3. The number of aryl methyl sites for hydroxylation is 1. The van der Waals surface area contributed by atoms with E-state index in [-0.39, 0.29) is 5.82 Å². The van der Waals surface area contributed by atoms with Crippen LogP contribution < -0.4 is 10.2 Å². The summed E-state index contributed by atoms with van der Waals surface area (Å²) >= 11 is 0. The molecule has 106 valence electrons. The Hall–Kier alpha value is -2.03. The van der Waals surface area contributed by atoms with Gasteiger partial charge in [-0.25, -0.2) is 4.39 Å². The van der Waals surface area contributed by atoms with Crippen molar-refractivity contribution in [3.63, 3.8) is 0 Å². The van der Waals surface area contributed by atoms with Crippen LogP contribution in [-0.4, -0.2) is 19.6 Å². The van der Waals surface area contributed by atoms with Gasteiger partial charge in [0.15, 0.2) is 0 Å². The monoisotopic (exact) mass is 272 g/mol. The average Bonchev–Trinajstić information content (AvgIpc) is 2.45. The minimum atomic E-state index is -0.203. The van der Waals surface area contributed by atoms with E-state index >= 15 is 0 Å². The third-order valence-corrected chi connectivity index (χ3v) is 3.32. The predicted molar refractivity (Wildman–Crippen MR) is 84.0 cm³/mol. The van der Waals surface area contributed by atoms with Crippen molar-refractivity contribution in [2.75, 3.05) is 29.9 Å². The average molecular weight is 272 g/mol. The van der Waals surface area contributed by atoms with E-state index in [0.717, 1.165) is 13.1 Å². The van der Waals surface area contributed by atoms with E-state index in [0.29, 0.717) is 12.2 Å². The lowest BCUT2D eigenvalue weighted by Crippen LogP contribution is -2.28. The number of para-hydroxylation sites is 1. The Bertz CT molecular complexity index is 554. The van der Waals surface area contributed by atoms with Crippen LogP contribution in [0.1, 0.15) is 12.5 Å². The van der Waals surface area contributed by atoms with Crippen LogP contribution in [0.15, 0.2) is 48.5 Å². The summed E-state index contributed by atoms with van der Waals surface area (Å²) in [6, 6.07) is 15.2. The third-order valence-electron chi connectivity index (χ3n) is 3.32. The number of nitrogens with zero attached hydrogens (tertiary/aromatic N) is 1. The van der Waals surface area contributed by atoms with Crippen LogP contribution in [0.25, 0.3) is 0 Å². The van der Waals surface area contributed by atoms with Gasteiger partial charge in [-0.1, -0.05) is 24.3 Å². The van der Waals surface area contributed by atoms with Crippen LogP contribution in [0.4, 0.5) is 15.8 Å². The van der Waals surface area contributed by atoms with Crippen LogP contribution in [0.5, 0.6) is 0 Å². The molecule has 0 unspecified atom stereocenters. The first-order valence-electron chi connectivity index (χ1n) is 7.00. The molecule has 0 atom stereocenters. The van der Waals surface area contributed by atoms with Crippen molar-refractivity contribution in [3.05, 3.63) is 59.9 Å². The summed E-state index contributed by atoms with van der Waals surface area (Å²) in [5.41, 5.74) is 3.03. The van der Waals surface area contributed by atoms with Gasteiger partial charge in [-0.15, -0.1) is 0 Å². The van der Waals surface area contributed by atoms with Crippen molar-refractivity contribution in [1.29, 1.82) is 0 Å². The fourth-order valence-corrected chi connectivity index (χ4v) is 2.22. The van der Waals surface area contributed by atoms with Gasteiger partial charge in [-0.3, -0.25) is 0 Å². The number of nitrogens with one attached hydrogen (secondary N) is 1. The van der Waals surface area contributed by atoms with Gasteiger partial charge in [0.2, 0.25) is 0 Å². The Balaban J connectivity index is 1.93. The van der Waals surface area contributed by atoms with Gasteiger partial charge in [0, 0.05) is 25.3 Å². The first-order valence-corrected chi connectivity index (χ1v) is 7.00. The normalized spacial score (nSPS) is 10.3. The van der Waals surface area contributed by atoms with E-state index in [4.69, 9.17) is 0 Å². The molecule has 0 aliphatic rings. The molecule has 0 radical (unpaired) electrons.